The molecule has 0 saturated heterocycles. The van der Waals surface area contributed by atoms with Gasteiger partial charge in [0, 0.05) is 16.8 Å². The number of hydrogen-bond acceptors (Lipinski definition) is 3. The highest BCUT2D eigenvalue weighted by atomic mass is 16.1. The number of hydrogen-bond donors (Lipinski definition) is 1. The van der Waals surface area contributed by atoms with Gasteiger partial charge in [-0.1, -0.05) is 36.4 Å². The number of nitrogens with zero attached hydrogens (tertiary/aromatic N) is 1. The quantitative estimate of drug-likeness (QED) is 0.728. The van der Waals surface area contributed by atoms with Gasteiger partial charge in [0.25, 0.3) is 0 Å². The lowest BCUT2D eigenvalue weighted by molar-refractivity contribution is 0.0928. The van der Waals surface area contributed by atoms with Crippen molar-refractivity contribution < 1.29 is 4.79 Å². The lowest BCUT2D eigenvalue weighted by atomic mass is 9.71. The molecule has 1 aliphatic heterocycles. The second-order valence-corrected chi connectivity index (χ2v) is 4.53. The summed E-state index contributed by atoms with van der Waals surface area (Å²) in [5, 5.41) is 4.38. The molecule has 2 unspecified atom stereocenters. The van der Waals surface area contributed by atoms with Crippen LogP contribution in [0.1, 0.15) is 15.9 Å². The molecule has 17 heavy (non-hydrogen) atoms. The summed E-state index contributed by atoms with van der Waals surface area (Å²) in [5.74, 6) is 0.219. The minimum atomic E-state index is -0.0846. The molecular weight excluding hydrogens is 212 g/mol. The van der Waals surface area contributed by atoms with E-state index in [4.69, 9.17) is 0 Å². The summed E-state index contributed by atoms with van der Waals surface area (Å²) >= 11 is 0. The number of nitrogens with one attached hydrogen (secondary N) is 1. The average Bonchev–Trinajstić information content (AvgIpc) is 2.81. The van der Waals surface area contributed by atoms with Crippen LogP contribution in [0.15, 0.2) is 53.3 Å². The zero-order chi connectivity index (χ0) is 11.4. The Labute approximate surface area is 98.5 Å². The van der Waals surface area contributed by atoms with Gasteiger partial charge in [-0.25, -0.2) is 0 Å². The highest BCUT2D eigenvalue weighted by Gasteiger charge is 2.43. The number of allylic oxidation sites excluding steroid dienone is 4. The number of ketones is 1. The molecule has 2 aliphatic carbocycles. The van der Waals surface area contributed by atoms with Crippen LogP contribution in [0, 0.1) is 11.8 Å². The van der Waals surface area contributed by atoms with Crippen LogP contribution in [0.4, 0.5) is 0 Å². The molecular formula is C14H10N2O. The van der Waals surface area contributed by atoms with Gasteiger partial charge in [0.05, 0.1) is 17.5 Å². The van der Waals surface area contributed by atoms with Gasteiger partial charge in [-0.15, -0.1) is 0 Å². The number of carbonyl (C=O) groups excluding carboxylic acids is 1. The molecule has 1 aromatic carbocycles. The first kappa shape index (κ1) is 8.93. The van der Waals surface area contributed by atoms with Gasteiger partial charge >= 0.3 is 0 Å². The molecule has 0 amide bonds. The summed E-state index contributed by atoms with van der Waals surface area (Å²) in [6.07, 6.45) is 5.92. The molecule has 0 saturated carbocycles. The predicted molar refractivity (Wildman–Crippen MR) is 64.6 cm³/mol. The molecule has 3 aliphatic rings. The normalized spacial score (nSPS) is 27.9. The van der Waals surface area contributed by atoms with Crippen LogP contribution in [0.3, 0.4) is 0 Å². The van der Waals surface area contributed by atoms with Crippen molar-refractivity contribution >= 4 is 11.5 Å². The van der Waals surface area contributed by atoms with E-state index in [2.05, 4.69) is 10.5 Å². The van der Waals surface area contributed by atoms with E-state index >= 15 is 0 Å². The Hall–Kier alpha value is -2.16. The summed E-state index contributed by atoms with van der Waals surface area (Å²) in [6.45, 7) is 0. The summed E-state index contributed by atoms with van der Waals surface area (Å²) in [6, 6.07) is 7.73. The predicted octanol–water partition coefficient (Wildman–Crippen LogP) is 1.88. The van der Waals surface area contributed by atoms with Crippen molar-refractivity contribution in [3.05, 3.63) is 59.3 Å². The van der Waals surface area contributed by atoms with Gasteiger partial charge in [-0.2, -0.15) is 5.10 Å². The Morgan fingerprint density at radius 2 is 2.00 bits per heavy atom. The number of Topliss-reactive ketones (excluding diaryl/α,β-unsaturated/α-hetero) is 1. The maximum atomic E-state index is 12.4. The van der Waals surface area contributed by atoms with E-state index in [9.17, 15) is 4.79 Å². The number of benzene rings is 1. The van der Waals surface area contributed by atoms with E-state index in [0.717, 1.165) is 22.5 Å². The van der Waals surface area contributed by atoms with Crippen LogP contribution < -0.4 is 5.43 Å². The maximum absolute atomic E-state index is 12.4. The topological polar surface area (TPSA) is 41.5 Å². The first-order valence-electron chi connectivity index (χ1n) is 5.72. The van der Waals surface area contributed by atoms with E-state index in [0.29, 0.717) is 0 Å². The highest BCUT2D eigenvalue weighted by Crippen LogP contribution is 2.39. The van der Waals surface area contributed by atoms with Gasteiger partial charge in [0.15, 0.2) is 5.78 Å². The molecule has 4 rings (SSSR count). The fourth-order valence-corrected chi connectivity index (χ4v) is 2.87. The summed E-state index contributed by atoms with van der Waals surface area (Å²) in [4.78, 5) is 12.4. The SMILES string of the molecule is O=C1c2ccccc2C2=NNC3=CC=CC1C32. The van der Waals surface area contributed by atoms with Crippen molar-refractivity contribution in [1.82, 2.24) is 5.43 Å². The second kappa shape index (κ2) is 2.94. The van der Waals surface area contributed by atoms with Gasteiger partial charge in [-0.3, -0.25) is 10.2 Å². The summed E-state index contributed by atoms with van der Waals surface area (Å²) in [7, 11) is 0. The van der Waals surface area contributed by atoms with Crippen LogP contribution in [0.5, 0.6) is 0 Å². The molecule has 2 atom stereocenters. The monoisotopic (exact) mass is 222 g/mol. The maximum Gasteiger partial charge on any atom is 0.171 e. The number of hydrazone groups is 1. The Morgan fingerprint density at radius 1 is 1.18 bits per heavy atom. The Kier molecular flexibility index (Phi) is 1.55. The standard InChI is InChI=1S/C14H10N2O/c17-14-9-5-2-1-4-8(9)13-12-10(14)6-3-7-11(12)15-16-13/h1-7,10,12,15H. The largest absolute Gasteiger partial charge is 0.293 e. The number of carbonyl (C=O) groups is 1. The van der Waals surface area contributed by atoms with E-state index < -0.39 is 0 Å². The van der Waals surface area contributed by atoms with Crippen molar-refractivity contribution in [3.8, 4) is 0 Å². The van der Waals surface area contributed by atoms with Crippen LogP contribution in [-0.4, -0.2) is 11.5 Å². The van der Waals surface area contributed by atoms with E-state index in [1.165, 1.54) is 0 Å². The zero-order valence-electron chi connectivity index (χ0n) is 9.05. The van der Waals surface area contributed by atoms with Gasteiger partial charge < -0.3 is 0 Å². The molecule has 0 bridgehead atoms. The average molecular weight is 222 g/mol. The zero-order valence-corrected chi connectivity index (χ0v) is 9.05. The van der Waals surface area contributed by atoms with Crippen molar-refractivity contribution in [1.29, 1.82) is 0 Å². The highest BCUT2D eigenvalue weighted by molar-refractivity contribution is 6.20. The molecule has 0 aromatic heterocycles. The molecule has 3 nitrogen and oxygen atoms in total. The fraction of sp³-hybridized carbons (Fsp3) is 0.143. The molecule has 1 N–H and O–H groups in total. The third kappa shape index (κ3) is 1.01. The Morgan fingerprint density at radius 3 is 2.88 bits per heavy atom. The first-order valence-corrected chi connectivity index (χ1v) is 5.72. The molecule has 0 fully saturated rings. The van der Waals surface area contributed by atoms with Crippen molar-refractivity contribution in [2.24, 2.45) is 16.9 Å². The molecule has 0 radical (unpaired) electrons. The van der Waals surface area contributed by atoms with Crippen molar-refractivity contribution in [2.45, 2.75) is 0 Å². The van der Waals surface area contributed by atoms with E-state index in [-0.39, 0.29) is 17.6 Å². The third-order valence-corrected chi connectivity index (χ3v) is 3.66. The minimum absolute atomic E-state index is 0.0846. The van der Waals surface area contributed by atoms with Crippen LogP contribution in [0.25, 0.3) is 0 Å². The molecule has 0 spiro atoms. The van der Waals surface area contributed by atoms with Crippen LogP contribution in [0.2, 0.25) is 0 Å². The van der Waals surface area contributed by atoms with Crippen molar-refractivity contribution in [2.75, 3.05) is 0 Å². The third-order valence-electron chi connectivity index (χ3n) is 3.66. The lowest BCUT2D eigenvalue weighted by Crippen LogP contribution is -2.36. The molecule has 82 valence electrons. The Balaban J connectivity index is 2.02. The molecule has 1 aromatic rings. The second-order valence-electron chi connectivity index (χ2n) is 4.53. The minimum Gasteiger partial charge on any atom is -0.293 e. The van der Waals surface area contributed by atoms with Gasteiger partial charge in [0.2, 0.25) is 0 Å². The molecule has 3 heteroatoms. The van der Waals surface area contributed by atoms with Crippen LogP contribution in [-0.2, 0) is 0 Å². The molecule has 1 heterocycles. The number of fused-ring (bicyclic) bond motifs is 2. The van der Waals surface area contributed by atoms with Gasteiger partial charge in [0.1, 0.15) is 0 Å². The smallest absolute Gasteiger partial charge is 0.171 e. The van der Waals surface area contributed by atoms with Gasteiger partial charge in [-0.05, 0) is 6.08 Å². The number of rotatable bonds is 0. The Bertz CT molecular complexity index is 625. The summed E-state index contributed by atoms with van der Waals surface area (Å²) in [5.41, 5.74) is 6.85. The van der Waals surface area contributed by atoms with Crippen LogP contribution >= 0.6 is 0 Å². The van der Waals surface area contributed by atoms with E-state index in [1.54, 1.807) is 0 Å². The fourth-order valence-electron chi connectivity index (χ4n) is 2.87. The van der Waals surface area contributed by atoms with E-state index in [1.807, 2.05) is 42.5 Å². The lowest BCUT2D eigenvalue weighted by Gasteiger charge is -2.29. The summed E-state index contributed by atoms with van der Waals surface area (Å²) < 4.78 is 0. The first-order chi connectivity index (χ1) is 8.36. The van der Waals surface area contributed by atoms with Crippen molar-refractivity contribution in [3.63, 3.8) is 0 Å².